The summed E-state index contributed by atoms with van der Waals surface area (Å²) in [4.78, 5) is 25.0. The molecule has 1 atom stereocenters. The number of amides is 2. The van der Waals surface area contributed by atoms with Crippen LogP contribution >= 0.6 is 11.8 Å². The first-order valence-electron chi connectivity index (χ1n) is 10.3. The molecule has 1 aromatic heterocycles. The predicted molar refractivity (Wildman–Crippen MR) is 127 cm³/mol. The Morgan fingerprint density at radius 3 is 2.55 bits per heavy atom. The number of hydrogen-bond donors (Lipinski definition) is 3. The Hall–Kier alpha value is -3.37. The van der Waals surface area contributed by atoms with Gasteiger partial charge in [-0.05, 0) is 55.3 Å². The van der Waals surface area contributed by atoms with Crippen LogP contribution in [0, 0.1) is 13.8 Å². The zero-order valence-corrected chi connectivity index (χ0v) is 19.8. The molecule has 9 nitrogen and oxygen atoms in total. The number of rotatable bonds is 9. The van der Waals surface area contributed by atoms with Crippen LogP contribution < -0.4 is 15.4 Å². The largest absolute Gasteiger partial charge is 0.497 e. The van der Waals surface area contributed by atoms with Gasteiger partial charge in [-0.3, -0.25) is 9.59 Å². The molecule has 0 aliphatic carbocycles. The SMILES string of the molecule is COc1ccc(C(=O)NC(CO)c2nnc(SCC(=O)Nc3cccc(C)c3C)n2C)cc1. The van der Waals surface area contributed by atoms with Crippen LogP contribution in [0.4, 0.5) is 5.69 Å². The molecule has 0 radical (unpaired) electrons. The minimum absolute atomic E-state index is 0.140. The average Bonchev–Trinajstić information content (AvgIpc) is 3.19. The summed E-state index contributed by atoms with van der Waals surface area (Å²) in [5.41, 5.74) is 3.33. The number of benzene rings is 2. The lowest BCUT2D eigenvalue weighted by molar-refractivity contribution is -0.113. The normalized spacial score (nSPS) is 11.7. The number of aromatic nitrogens is 3. The first-order chi connectivity index (χ1) is 15.8. The van der Waals surface area contributed by atoms with E-state index >= 15 is 0 Å². The maximum Gasteiger partial charge on any atom is 0.251 e. The number of nitrogens with one attached hydrogen (secondary N) is 2. The fourth-order valence-electron chi connectivity index (χ4n) is 3.13. The van der Waals surface area contributed by atoms with Gasteiger partial charge in [-0.2, -0.15) is 0 Å². The third-order valence-electron chi connectivity index (χ3n) is 5.23. The molecule has 0 bridgehead atoms. The number of carbonyl (C=O) groups is 2. The first-order valence-corrected chi connectivity index (χ1v) is 11.3. The lowest BCUT2D eigenvalue weighted by Crippen LogP contribution is -2.32. The molecule has 0 aliphatic rings. The summed E-state index contributed by atoms with van der Waals surface area (Å²) in [6, 6.07) is 11.6. The fourth-order valence-corrected chi connectivity index (χ4v) is 3.85. The Morgan fingerprint density at radius 2 is 1.88 bits per heavy atom. The molecule has 1 heterocycles. The van der Waals surface area contributed by atoms with E-state index in [-0.39, 0.29) is 24.2 Å². The second kappa shape index (κ2) is 11.0. The van der Waals surface area contributed by atoms with Crippen LogP contribution in [0.15, 0.2) is 47.6 Å². The second-order valence-electron chi connectivity index (χ2n) is 7.42. The van der Waals surface area contributed by atoms with Gasteiger partial charge < -0.3 is 25.0 Å². The van der Waals surface area contributed by atoms with Crippen LogP contribution in [0.5, 0.6) is 5.75 Å². The van der Waals surface area contributed by atoms with Gasteiger partial charge in [0.2, 0.25) is 5.91 Å². The van der Waals surface area contributed by atoms with Gasteiger partial charge in [-0.25, -0.2) is 0 Å². The van der Waals surface area contributed by atoms with Crippen molar-refractivity contribution >= 4 is 29.3 Å². The monoisotopic (exact) mass is 469 g/mol. The molecule has 33 heavy (non-hydrogen) atoms. The molecule has 0 saturated carbocycles. The number of methoxy groups -OCH3 is 1. The van der Waals surface area contributed by atoms with Crippen LogP contribution in [0.1, 0.15) is 33.4 Å². The van der Waals surface area contributed by atoms with Gasteiger partial charge in [0, 0.05) is 18.3 Å². The van der Waals surface area contributed by atoms with E-state index in [1.807, 2.05) is 32.0 Å². The van der Waals surface area contributed by atoms with E-state index in [0.29, 0.717) is 22.3 Å². The molecule has 2 aromatic carbocycles. The van der Waals surface area contributed by atoms with Gasteiger partial charge >= 0.3 is 0 Å². The number of ether oxygens (including phenoxy) is 1. The van der Waals surface area contributed by atoms with Crippen molar-refractivity contribution in [2.45, 2.75) is 25.0 Å². The molecular formula is C23H27N5O4S. The standard InChI is InChI=1S/C23H27N5O4S/c1-14-6-5-7-18(15(14)2)24-20(30)13-33-23-27-26-21(28(23)3)19(12-29)25-22(31)16-8-10-17(32-4)11-9-16/h5-11,19,29H,12-13H2,1-4H3,(H,24,30)(H,25,31). The summed E-state index contributed by atoms with van der Waals surface area (Å²) in [5.74, 6) is 0.645. The van der Waals surface area contributed by atoms with Crippen molar-refractivity contribution in [2.75, 3.05) is 24.8 Å². The minimum Gasteiger partial charge on any atom is -0.497 e. The summed E-state index contributed by atoms with van der Waals surface area (Å²) in [6.07, 6.45) is 0. The van der Waals surface area contributed by atoms with Crippen LogP contribution in [-0.2, 0) is 11.8 Å². The van der Waals surface area contributed by atoms with E-state index in [1.165, 1.54) is 11.8 Å². The molecule has 1 unspecified atom stereocenters. The van der Waals surface area contributed by atoms with Gasteiger partial charge in [-0.15, -0.1) is 10.2 Å². The molecule has 3 rings (SSSR count). The van der Waals surface area contributed by atoms with Crippen molar-refractivity contribution in [1.82, 2.24) is 20.1 Å². The highest BCUT2D eigenvalue weighted by atomic mass is 32.2. The minimum atomic E-state index is -0.754. The number of carbonyl (C=O) groups excluding carboxylic acids is 2. The molecule has 0 fully saturated rings. The molecule has 0 saturated heterocycles. The molecular weight excluding hydrogens is 442 g/mol. The number of thioether (sulfide) groups is 1. The van der Waals surface area contributed by atoms with Crippen LogP contribution in [0.2, 0.25) is 0 Å². The molecule has 2 amide bonds. The molecule has 174 valence electrons. The quantitative estimate of drug-likeness (QED) is 0.412. The lowest BCUT2D eigenvalue weighted by atomic mass is 10.1. The third-order valence-corrected chi connectivity index (χ3v) is 6.25. The van der Waals surface area contributed by atoms with E-state index in [2.05, 4.69) is 20.8 Å². The van der Waals surface area contributed by atoms with Crippen LogP contribution in [0.3, 0.4) is 0 Å². The topological polar surface area (TPSA) is 118 Å². The number of nitrogens with zero attached hydrogens (tertiary/aromatic N) is 3. The zero-order chi connectivity index (χ0) is 24.0. The Bertz CT molecular complexity index is 1130. The average molecular weight is 470 g/mol. The van der Waals surface area contributed by atoms with Crippen LogP contribution in [-0.4, -0.2) is 51.2 Å². The van der Waals surface area contributed by atoms with Crippen LogP contribution in [0.25, 0.3) is 0 Å². The lowest BCUT2D eigenvalue weighted by Gasteiger charge is -2.16. The molecule has 3 N–H and O–H groups in total. The maximum absolute atomic E-state index is 12.6. The van der Waals surface area contributed by atoms with Gasteiger partial charge in [0.15, 0.2) is 11.0 Å². The Balaban J connectivity index is 1.62. The highest BCUT2D eigenvalue weighted by molar-refractivity contribution is 7.99. The van der Waals surface area contributed by atoms with E-state index in [9.17, 15) is 14.7 Å². The third kappa shape index (κ3) is 5.91. The number of aryl methyl sites for hydroxylation is 1. The second-order valence-corrected chi connectivity index (χ2v) is 8.36. The van der Waals surface area contributed by atoms with Crippen molar-refractivity contribution in [3.63, 3.8) is 0 Å². The van der Waals surface area contributed by atoms with Crippen molar-refractivity contribution < 1.29 is 19.4 Å². The highest BCUT2D eigenvalue weighted by Crippen LogP contribution is 2.22. The molecule has 0 spiro atoms. The van der Waals surface area contributed by atoms with Crippen molar-refractivity contribution in [1.29, 1.82) is 0 Å². The number of aliphatic hydroxyl groups is 1. The van der Waals surface area contributed by atoms with Crippen molar-refractivity contribution in [2.24, 2.45) is 7.05 Å². The van der Waals surface area contributed by atoms with Gasteiger partial charge in [0.05, 0.1) is 19.5 Å². The fraction of sp³-hybridized carbons (Fsp3) is 0.304. The summed E-state index contributed by atoms with van der Waals surface area (Å²) in [7, 11) is 3.27. The van der Waals surface area contributed by atoms with E-state index in [1.54, 1.807) is 43.0 Å². The summed E-state index contributed by atoms with van der Waals surface area (Å²) in [6.45, 7) is 3.60. The van der Waals surface area contributed by atoms with Crippen molar-refractivity contribution in [3.05, 3.63) is 65.0 Å². The van der Waals surface area contributed by atoms with Gasteiger partial charge in [-0.1, -0.05) is 23.9 Å². The Kier molecular flexibility index (Phi) is 8.07. The summed E-state index contributed by atoms with van der Waals surface area (Å²) >= 11 is 1.22. The molecule has 10 heteroatoms. The highest BCUT2D eigenvalue weighted by Gasteiger charge is 2.22. The summed E-state index contributed by atoms with van der Waals surface area (Å²) in [5, 5.41) is 24.2. The number of anilines is 1. The van der Waals surface area contributed by atoms with Crippen molar-refractivity contribution in [3.8, 4) is 5.75 Å². The summed E-state index contributed by atoms with van der Waals surface area (Å²) < 4.78 is 6.76. The maximum atomic E-state index is 12.6. The first kappa shape index (κ1) is 24.3. The van der Waals surface area contributed by atoms with E-state index in [4.69, 9.17) is 4.74 Å². The number of aliphatic hydroxyl groups excluding tert-OH is 1. The Morgan fingerprint density at radius 1 is 1.15 bits per heavy atom. The predicted octanol–water partition coefficient (Wildman–Crippen LogP) is 2.63. The van der Waals surface area contributed by atoms with E-state index < -0.39 is 6.04 Å². The zero-order valence-electron chi connectivity index (χ0n) is 19.0. The molecule has 3 aromatic rings. The molecule has 0 aliphatic heterocycles. The Labute approximate surface area is 196 Å². The van der Waals surface area contributed by atoms with E-state index in [0.717, 1.165) is 16.8 Å². The smallest absolute Gasteiger partial charge is 0.251 e. The number of hydrogen-bond acceptors (Lipinski definition) is 7. The van der Waals surface area contributed by atoms with Gasteiger partial charge in [0.1, 0.15) is 11.8 Å². The van der Waals surface area contributed by atoms with Gasteiger partial charge in [0.25, 0.3) is 5.91 Å².